The van der Waals surface area contributed by atoms with E-state index < -0.39 is 39.1 Å². The number of rotatable bonds is 2. The van der Waals surface area contributed by atoms with Crippen LogP contribution in [0.25, 0.3) is 5.69 Å². The molecule has 2 N–H and O–H groups in total. The molecule has 0 fully saturated rings. The molecule has 0 aliphatic carbocycles. The van der Waals surface area contributed by atoms with Crippen LogP contribution in [0.1, 0.15) is 5.56 Å². The summed E-state index contributed by atoms with van der Waals surface area (Å²) in [6.45, 7) is 0. The zero-order valence-corrected chi connectivity index (χ0v) is 13.1. The van der Waals surface area contributed by atoms with Crippen molar-refractivity contribution in [2.24, 2.45) is 0 Å². The summed E-state index contributed by atoms with van der Waals surface area (Å²) in [6.07, 6.45) is -3.52. The second-order valence-electron chi connectivity index (χ2n) is 4.27. The molecule has 2 nitrogen and oxygen atoms in total. The molecule has 1 aromatic heterocycles. The van der Waals surface area contributed by atoms with Crippen LogP contribution in [-0.2, 0) is 6.18 Å². The minimum Gasteiger partial charge on any atom is -0.384 e. The smallest absolute Gasteiger partial charge is 0.384 e. The van der Waals surface area contributed by atoms with Gasteiger partial charge in [0, 0.05) is 6.20 Å². The molecule has 11 heteroatoms. The topological polar surface area (TPSA) is 30.9 Å². The summed E-state index contributed by atoms with van der Waals surface area (Å²) in [7, 11) is 0. The number of hydrogen-bond donors (Lipinski definition) is 1. The number of nitrogen functional groups attached to an aromatic ring is 1. The van der Waals surface area contributed by atoms with Gasteiger partial charge in [0.05, 0.1) is 26.2 Å². The highest BCUT2D eigenvalue weighted by Gasteiger charge is 2.33. The third-order valence-electron chi connectivity index (χ3n) is 2.70. The van der Waals surface area contributed by atoms with Gasteiger partial charge in [-0.05, 0) is 30.0 Å². The van der Waals surface area contributed by atoms with Crippen LogP contribution in [0.15, 0.2) is 29.3 Å². The highest BCUT2D eigenvalue weighted by molar-refractivity contribution is 8.00. The number of nitrogens with zero attached hydrogens (tertiary/aromatic N) is 1. The van der Waals surface area contributed by atoms with Gasteiger partial charge in [-0.3, -0.25) is 4.57 Å². The highest BCUT2D eigenvalue weighted by atomic mass is 35.5. The Morgan fingerprint density at radius 3 is 1.96 bits per heavy atom. The number of aromatic nitrogens is 1. The Labute approximate surface area is 140 Å². The predicted molar refractivity (Wildman–Crippen MR) is 77.1 cm³/mol. The van der Waals surface area contributed by atoms with E-state index in [4.69, 9.17) is 28.9 Å². The van der Waals surface area contributed by atoms with Crippen LogP contribution < -0.4 is 5.73 Å². The predicted octanol–water partition coefficient (Wildman–Crippen LogP) is 6.00. The zero-order chi connectivity index (χ0) is 17.6. The Morgan fingerprint density at radius 2 is 1.52 bits per heavy atom. The van der Waals surface area contributed by atoms with Crippen molar-refractivity contribution >= 4 is 40.8 Å². The van der Waals surface area contributed by atoms with Gasteiger partial charge in [-0.2, -0.15) is 26.3 Å². The van der Waals surface area contributed by atoms with E-state index in [1.807, 2.05) is 0 Å². The fourth-order valence-electron chi connectivity index (χ4n) is 1.79. The van der Waals surface area contributed by atoms with Gasteiger partial charge >= 0.3 is 11.7 Å². The molecule has 0 amide bonds. The normalized spacial score (nSPS) is 12.7. The minimum atomic E-state index is -4.66. The first-order chi connectivity index (χ1) is 10.4. The van der Waals surface area contributed by atoms with Crippen molar-refractivity contribution in [1.29, 1.82) is 0 Å². The lowest BCUT2D eigenvalue weighted by Gasteiger charge is -2.14. The Bertz CT molecular complexity index is 715. The first-order valence-electron chi connectivity index (χ1n) is 5.69. The van der Waals surface area contributed by atoms with E-state index in [0.29, 0.717) is 12.1 Å². The molecule has 2 rings (SSSR count). The maximum atomic E-state index is 12.7. The lowest BCUT2D eigenvalue weighted by Crippen LogP contribution is -2.08. The van der Waals surface area contributed by atoms with Gasteiger partial charge in [0.25, 0.3) is 0 Å². The third-order valence-corrected chi connectivity index (χ3v) is 4.07. The molecule has 0 saturated heterocycles. The van der Waals surface area contributed by atoms with Gasteiger partial charge in [-0.25, -0.2) is 0 Å². The summed E-state index contributed by atoms with van der Waals surface area (Å²) in [5, 5.41) is -0.786. The van der Waals surface area contributed by atoms with E-state index in [0.717, 1.165) is 16.8 Å². The Morgan fingerprint density at radius 1 is 1.00 bits per heavy atom. The quantitative estimate of drug-likeness (QED) is 0.500. The van der Waals surface area contributed by atoms with Crippen LogP contribution in [0.5, 0.6) is 0 Å². The van der Waals surface area contributed by atoms with Gasteiger partial charge in [0.2, 0.25) is 0 Å². The SMILES string of the molecule is Nc1c(SC(F)(F)F)ccn1-c1c(Cl)cc(C(F)(F)F)cc1Cl. The standard InChI is InChI=1S/C12H6Cl2F6N2S/c13-6-3-5(11(15,16)17)4-7(14)9(6)22-2-1-8(10(22)21)23-12(18,19)20/h1-4H,21H2. The first-order valence-corrected chi connectivity index (χ1v) is 7.26. The van der Waals surface area contributed by atoms with E-state index in [2.05, 4.69) is 0 Å². The Kier molecular flexibility index (Phi) is 4.76. The van der Waals surface area contributed by atoms with Gasteiger partial charge < -0.3 is 5.73 Å². The van der Waals surface area contributed by atoms with E-state index >= 15 is 0 Å². The van der Waals surface area contributed by atoms with E-state index in [1.54, 1.807) is 0 Å². The highest BCUT2D eigenvalue weighted by Crippen LogP contribution is 2.43. The summed E-state index contributed by atoms with van der Waals surface area (Å²) in [4.78, 5) is -0.315. The fourth-order valence-corrected chi connectivity index (χ4v) is 3.04. The average molecular weight is 395 g/mol. The molecule has 0 radical (unpaired) electrons. The van der Waals surface area contributed by atoms with Crippen molar-refractivity contribution in [3.63, 3.8) is 0 Å². The van der Waals surface area contributed by atoms with Crippen molar-refractivity contribution in [3.8, 4) is 5.69 Å². The molecule has 0 atom stereocenters. The third kappa shape index (κ3) is 4.02. The summed E-state index contributed by atoms with van der Waals surface area (Å²) in [5.41, 5.74) is -0.163. The number of halogens is 8. The molecule has 0 aliphatic heterocycles. The zero-order valence-electron chi connectivity index (χ0n) is 10.8. The van der Waals surface area contributed by atoms with Crippen molar-refractivity contribution in [3.05, 3.63) is 40.0 Å². The molecular formula is C12H6Cl2F6N2S. The lowest BCUT2D eigenvalue weighted by molar-refractivity contribution is -0.137. The minimum absolute atomic E-state index is 0.132. The van der Waals surface area contributed by atoms with Crippen molar-refractivity contribution in [2.75, 3.05) is 5.73 Å². The molecule has 0 saturated carbocycles. The van der Waals surface area contributed by atoms with Crippen molar-refractivity contribution in [1.82, 2.24) is 4.57 Å². The first kappa shape index (κ1) is 18.2. The Balaban J connectivity index is 2.52. The maximum Gasteiger partial charge on any atom is 0.446 e. The molecule has 0 bridgehead atoms. The Hall–Kier alpha value is -1.19. The molecule has 23 heavy (non-hydrogen) atoms. The van der Waals surface area contributed by atoms with Gasteiger partial charge in [-0.15, -0.1) is 0 Å². The maximum absolute atomic E-state index is 12.7. The van der Waals surface area contributed by atoms with Crippen molar-refractivity contribution < 1.29 is 26.3 Å². The van der Waals surface area contributed by atoms with Gasteiger partial charge in [-0.1, -0.05) is 23.2 Å². The van der Waals surface area contributed by atoms with E-state index in [1.165, 1.54) is 0 Å². The molecule has 1 heterocycles. The van der Waals surface area contributed by atoms with Gasteiger partial charge in [0.1, 0.15) is 5.82 Å². The molecule has 0 unspecified atom stereocenters. The van der Waals surface area contributed by atoms with Crippen LogP contribution in [0, 0.1) is 0 Å². The number of hydrogen-bond acceptors (Lipinski definition) is 2. The molecule has 1 aromatic carbocycles. The molecular weight excluding hydrogens is 389 g/mol. The van der Waals surface area contributed by atoms with Crippen LogP contribution in [-0.4, -0.2) is 10.1 Å². The number of nitrogens with two attached hydrogens (primary N) is 1. The summed E-state index contributed by atoms with van der Waals surface area (Å²) in [6, 6.07) is 2.31. The van der Waals surface area contributed by atoms with Crippen LogP contribution in [0.3, 0.4) is 0 Å². The monoisotopic (exact) mass is 394 g/mol. The van der Waals surface area contributed by atoms with Crippen LogP contribution in [0.2, 0.25) is 10.0 Å². The summed E-state index contributed by atoms with van der Waals surface area (Å²) < 4.78 is 76.2. The second kappa shape index (κ2) is 6.03. The molecule has 0 aliphatic rings. The van der Waals surface area contributed by atoms with Crippen LogP contribution >= 0.6 is 35.0 Å². The molecule has 126 valence electrons. The largest absolute Gasteiger partial charge is 0.446 e. The van der Waals surface area contributed by atoms with Crippen molar-refractivity contribution in [2.45, 2.75) is 16.6 Å². The summed E-state index contributed by atoms with van der Waals surface area (Å²) in [5.74, 6) is -0.337. The number of anilines is 1. The van der Waals surface area contributed by atoms with E-state index in [-0.39, 0.29) is 16.4 Å². The average Bonchev–Trinajstić information content (AvgIpc) is 2.68. The molecule has 0 spiro atoms. The lowest BCUT2D eigenvalue weighted by atomic mass is 10.2. The number of thioether (sulfide) groups is 1. The molecule has 2 aromatic rings. The van der Waals surface area contributed by atoms with Crippen LogP contribution in [0.4, 0.5) is 32.2 Å². The fraction of sp³-hybridized carbons (Fsp3) is 0.167. The summed E-state index contributed by atoms with van der Waals surface area (Å²) >= 11 is 11.1. The number of benzene rings is 1. The second-order valence-corrected chi connectivity index (χ2v) is 6.19. The number of alkyl halides is 6. The van der Waals surface area contributed by atoms with Gasteiger partial charge in [0.15, 0.2) is 0 Å². The van der Waals surface area contributed by atoms with E-state index in [9.17, 15) is 26.3 Å².